The van der Waals surface area contributed by atoms with Crippen molar-refractivity contribution < 1.29 is 19.4 Å². The van der Waals surface area contributed by atoms with Crippen molar-refractivity contribution in [2.75, 3.05) is 0 Å². The summed E-state index contributed by atoms with van der Waals surface area (Å²) in [7, 11) is 0. The van der Waals surface area contributed by atoms with E-state index in [1.807, 2.05) is 31.2 Å². The van der Waals surface area contributed by atoms with Crippen molar-refractivity contribution in [1.82, 2.24) is 0 Å². The molecule has 6 heteroatoms. The summed E-state index contributed by atoms with van der Waals surface area (Å²) in [5.41, 5.74) is 2.29. The molecule has 3 rings (SSSR count). The standard InChI is InChI=1S/C19H14BrNO4/c1-11-2-5-14(16(20)8-11)18-7-4-13(25-18)10-21-12-3-6-17(22)15(9-12)19(23)24/h2-10,22H,1H3,(H,23,24). The van der Waals surface area contributed by atoms with Crippen molar-refractivity contribution in [3.05, 3.63) is 69.9 Å². The van der Waals surface area contributed by atoms with Gasteiger partial charge >= 0.3 is 5.97 Å². The third-order valence-corrected chi connectivity index (χ3v) is 4.22. The maximum atomic E-state index is 11.0. The van der Waals surface area contributed by atoms with Crippen molar-refractivity contribution in [3.63, 3.8) is 0 Å². The molecule has 0 fully saturated rings. The summed E-state index contributed by atoms with van der Waals surface area (Å²) in [5, 5.41) is 18.5. The van der Waals surface area contributed by atoms with Crippen molar-refractivity contribution in [2.24, 2.45) is 4.99 Å². The van der Waals surface area contributed by atoms with Crippen molar-refractivity contribution in [2.45, 2.75) is 6.92 Å². The van der Waals surface area contributed by atoms with E-state index in [4.69, 9.17) is 9.52 Å². The monoisotopic (exact) mass is 399 g/mol. The molecule has 0 amide bonds. The molecular weight excluding hydrogens is 386 g/mol. The highest BCUT2D eigenvalue weighted by molar-refractivity contribution is 9.10. The molecule has 0 spiro atoms. The number of aromatic hydroxyl groups is 1. The molecule has 126 valence electrons. The third-order valence-electron chi connectivity index (χ3n) is 3.57. The molecule has 0 aliphatic carbocycles. The second kappa shape index (κ2) is 6.94. The molecule has 0 aliphatic rings. The predicted octanol–water partition coefficient (Wildman–Crippen LogP) is 5.17. The van der Waals surface area contributed by atoms with Crippen LogP contribution in [0.25, 0.3) is 11.3 Å². The van der Waals surface area contributed by atoms with E-state index in [-0.39, 0.29) is 11.3 Å². The Bertz CT molecular complexity index is 975. The van der Waals surface area contributed by atoms with Gasteiger partial charge in [0, 0.05) is 10.0 Å². The summed E-state index contributed by atoms with van der Waals surface area (Å²) in [6, 6.07) is 13.7. The van der Waals surface area contributed by atoms with Gasteiger partial charge in [-0.25, -0.2) is 4.79 Å². The molecular formula is C19H14BrNO4. The summed E-state index contributed by atoms with van der Waals surface area (Å²) in [4.78, 5) is 15.2. The van der Waals surface area contributed by atoms with Gasteiger partial charge in [-0.15, -0.1) is 0 Å². The maximum Gasteiger partial charge on any atom is 0.339 e. The van der Waals surface area contributed by atoms with Gasteiger partial charge in [-0.3, -0.25) is 4.99 Å². The van der Waals surface area contributed by atoms with Gasteiger partial charge in [0.1, 0.15) is 22.8 Å². The van der Waals surface area contributed by atoms with Crippen LogP contribution in [-0.2, 0) is 0 Å². The van der Waals surface area contributed by atoms with E-state index in [1.54, 1.807) is 6.07 Å². The van der Waals surface area contributed by atoms with E-state index in [2.05, 4.69) is 20.9 Å². The number of aromatic carboxylic acids is 1. The Labute approximate surface area is 152 Å². The van der Waals surface area contributed by atoms with Crippen LogP contribution < -0.4 is 0 Å². The number of aliphatic imine (C=N–C) groups is 1. The molecule has 2 aromatic carbocycles. The van der Waals surface area contributed by atoms with Crippen LogP contribution in [0.1, 0.15) is 21.7 Å². The maximum absolute atomic E-state index is 11.0. The van der Waals surface area contributed by atoms with Gasteiger partial charge in [0.15, 0.2) is 0 Å². The number of carboxylic acid groups (broad SMARTS) is 1. The Morgan fingerprint density at radius 2 is 1.96 bits per heavy atom. The number of aryl methyl sites for hydroxylation is 1. The van der Waals surface area contributed by atoms with Crippen molar-refractivity contribution >= 4 is 33.8 Å². The minimum atomic E-state index is -1.21. The number of rotatable bonds is 4. The SMILES string of the molecule is Cc1ccc(-c2ccc(C=Nc3ccc(O)c(C(=O)O)c3)o2)c(Br)c1. The Balaban J connectivity index is 1.85. The summed E-state index contributed by atoms with van der Waals surface area (Å²) in [6.45, 7) is 2.01. The normalized spacial score (nSPS) is 11.1. The molecule has 2 N–H and O–H groups in total. The summed E-state index contributed by atoms with van der Waals surface area (Å²) >= 11 is 3.52. The second-order valence-corrected chi connectivity index (χ2v) is 6.30. The van der Waals surface area contributed by atoms with Crippen LogP contribution in [0.3, 0.4) is 0 Å². The average molecular weight is 400 g/mol. The van der Waals surface area contributed by atoms with Crippen LogP contribution >= 0.6 is 15.9 Å². The number of furan rings is 1. The topological polar surface area (TPSA) is 83.0 Å². The lowest BCUT2D eigenvalue weighted by Crippen LogP contribution is -1.95. The minimum Gasteiger partial charge on any atom is -0.507 e. The molecule has 1 heterocycles. The smallest absolute Gasteiger partial charge is 0.339 e. The van der Waals surface area contributed by atoms with E-state index in [0.717, 1.165) is 15.6 Å². The minimum absolute atomic E-state index is 0.196. The Morgan fingerprint density at radius 3 is 2.68 bits per heavy atom. The van der Waals surface area contributed by atoms with Gasteiger partial charge in [0.25, 0.3) is 0 Å². The number of hydrogen-bond donors (Lipinski definition) is 2. The second-order valence-electron chi connectivity index (χ2n) is 5.45. The molecule has 1 aromatic heterocycles. The molecule has 25 heavy (non-hydrogen) atoms. The van der Waals surface area contributed by atoms with Gasteiger partial charge < -0.3 is 14.6 Å². The number of carbonyl (C=O) groups is 1. The molecule has 0 bridgehead atoms. The van der Waals surface area contributed by atoms with Gasteiger partial charge in [-0.05, 0) is 55.0 Å². The lowest BCUT2D eigenvalue weighted by atomic mass is 10.1. The predicted molar refractivity (Wildman–Crippen MR) is 98.9 cm³/mol. The lowest BCUT2D eigenvalue weighted by Gasteiger charge is -2.02. The molecule has 0 radical (unpaired) electrons. The highest BCUT2D eigenvalue weighted by atomic mass is 79.9. The number of nitrogens with zero attached hydrogens (tertiary/aromatic N) is 1. The molecule has 0 aliphatic heterocycles. The first-order valence-electron chi connectivity index (χ1n) is 7.41. The Morgan fingerprint density at radius 1 is 1.16 bits per heavy atom. The fourth-order valence-electron chi connectivity index (χ4n) is 2.30. The van der Waals surface area contributed by atoms with E-state index < -0.39 is 5.97 Å². The zero-order valence-corrected chi connectivity index (χ0v) is 14.8. The van der Waals surface area contributed by atoms with Gasteiger partial charge in [-0.1, -0.05) is 22.0 Å². The van der Waals surface area contributed by atoms with Crippen LogP contribution in [0.2, 0.25) is 0 Å². The Kier molecular flexibility index (Phi) is 4.72. The number of halogens is 1. The van der Waals surface area contributed by atoms with Crippen LogP contribution in [0.15, 0.2) is 62.4 Å². The fourth-order valence-corrected chi connectivity index (χ4v) is 2.99. The van der Waals surface area contributed by atoms with E-state index in [9.17, 15) is 9.90 Å². The number of phenols is 1. The molecule has 0 unspecified atom stereocenters. The number of carboxylic acids is 1. The first kappa shape index (κ1) is 17.0. The zero-order valence-electron chi connectivity index (χ0n) is 13.2. The third kappa shape index (κ3) is 3.80. The molecule has 0 saturated heterocycles. The largest absolute Gasteiger partial charge is 0.507 e. The first-order chi connectivity index (χ1) is 11.9. The highest BCUT2D eigenvalue weighted by Crippen LogP contribution is 2.30. The van der Waals surface area contributed by atoms with Crippen LogP contribution in [-0.4, -0.2) is 22.4 Å². The molecule has 3 aromatic rings. The first-order valence-corrected chi connectivity index (χ1v) is 8.20. The quantitative estimate of drug-likeness (QED) is 0.592. The average Bonchev–Trinajstić information content (AvgIpc) is 3.02. The van der Waals surface area contributed by atoms with E-state index >= 15 is 0 Å². The number of hydrogen-bond acceptors (Lipinski definition) is 4. The van der Waals surface area contributed by atoms with Gasteiger partial charge in [0.05, 0.1) is 11.9 Å². The highest BCUT2D eigenvalue weighted by Gasteiger charge is 2.10. The van der Waals surface area contributed by atoms with Crippen LogP contribution in [0.4, 0.5) is 5.69 Å². The number of benzene rings is 2. The lowest BCUT2D eigenvalue weighted by molar-refractivity contribution is 0.0694. The van der Waals surface area contributed by atoms with Crippen molar-refractivity contribution in [3.8, 4) is 17.1 Å². The molecule has 0 atom stereocenters. The van der Waals surface area contributed by atoms with E-state index in [0.29, 0.717) is 17.2 Å². The van der Waals surface area contributed by atoms with Crippen molar-refractivity contribution in [1.29, 1.82) is 0 Å². The summed E-state index contributed by atoms with van der Waals surface area (Å²) in [5.74, 6) is -0.271. The Hall–Kier alpha value is -2.86. The molecule has 0 saturated carbocycles. The van der Waals surface area contributed by atoms with Gasteiger partial charge in [0.2, 0.25) is 0 Å². The fraction of sp³-hybridized carbons (Fsp3) is 0.0526. The van der Waals surface area contributed by atoms with Gasteiger partial charge in [-0.2, -0.15) is 0 Å². The zero-order chi connectivity index (χ0) is 18.0. The van der Waals surface area contributed by atoms with E-state index in [1.165, 1.54) is 24.4 Å². The molecule has 5 nitrogen and oxygen atoms in total. The van der Waals surface area contributed by atoms with Crippen LogP contribution in [0.5, 0.6) is 5.75 Å². The van der Waals surface area contributed by atoms with Crippen LogP contribution in [0, 0.1) is 6.92 Å². The summed E-state index contributed by atoms with van der Waals surface area (Å²) < 4.78 is 6.71. The summed E-state index contributed by atoms with van der Waals surface area (Å²) in [6.07, 6.45) is 1.50.